The second-order valence-corrected chi connectivity index (χ2v) is 5.72. The Labute approximate surface area is 116 Å². The predicted molar refractivity (Wildman–Crippen MR) is 77.2 cm³/mol. The summed E-state index contributed by atoms with van der Waals surface area (Å²) in [4.78, 5) is 17.8. The van der Waals surface area contributed by atoms with Crippen molar-refractivity contribution in [2.75, 3.05) is 33.3 Å². The van der Waals surface area contributed by atoms with E-state index in [1.807, 2.05) is 6.92 Å². The quantitative estimate of drug-likeness (QED) is 0.357. The molecule has 19 heavy (non-hydrogen) atoms. The second-order valence-electron chi connectivity index (χ2n) is 5.72. The Morgan fingerprint density at radius 3 is 2.74 bits per heavy atom. The van der Waals surface area contributed by atoms with Crippen molar-refractivity contribution in [3.05, 3.63) is 0 Å². The van der Waals surface area contributed by atoms with Crippen LogP contribution in [0, 0.1) is 5.41 Å². The minimum Gasteiger partial charge on any atom is -0.466 e. The zero-order valence-corrected chi connectivity index (χ0v) is 12.7. The van der Waals surface area contributed by atoms with Gasteiger partial charge in [-0.25, -0.2) is 0 Å². The Hall–Kier alpha value is -1.26. The van der Waals surface area contributed by atoms with Gasteiger partial charge in [-0.1, -0.05) is 13.8 Å². The number of rotatable bonds is 5. The van der Waals surface area contributed by atoms with Crippen LogP contribution in [-0.2, 0) is 9.53 Å². The molecule has 1 aliphatic rings. The van der Waals surface area contributed by atoms with Gasteiger partial charge in [0.15, 0.2) is 5.96 Å². The van der Waals surface area contributed by atoms with Gasteiger partial charge in [-0.3, -0.25) is 9.79 Å². The lowest BCUT2D eigenvalue weighted by molar-refractivity contribution is -0.143. The molecule has 1 saturated heterocycles. The smallest absolute Gasteiger partial charge is 0.305 e. The Kier molecular flexibility index (Phi) is 6.12. The lowest BCUT2D eigenvalue weighted by Crippen LogP contribution is -2.41. The summed E-state index contributed by atoms with van der Waals surface area (Å²) in [6.45, 7) is 9.67. The summed E-state index contributed by atoms with van der Waals surface area (Å²) in [5, 5.41) is 3.31. The molecule has 0 spiro atoms. The fourth-order valence-corrected chi connectivity index (χ4v) is 2.29. The van der Waals surface area contributed by atoms with E-state index in [1.165, 1.54) is 6.42 Å². The standard InChI is InChI=1S/C14H27N3O2/c1-5-19-12(18)7-6-9-16-13(15-4)17-10-8-14(2,3)11-17/h5-11H2,1-4H3,(H,15,16). The van der Waals surface area contributed by atoms with Crippen molar-refractivity contribution in [1.29, 1.82) is 0 Å². The molecule has 0 aromatic heterocycles. The molecule has 5 nitrogen and oxygen atoms in total. The second kappa shape index (κ2) is 7.36. The molecule has 110 valence electrons. The molecule has 0 aromatic carbocycles. The normalized spacial score (nSPS) is 18.5. The molecule has 1 aliphatic heterocycles. The van der Waals surface area contributed by atoms with E-state index in [9.17, 15) is 4.79 Å². The molecule has 0 atom stereocenters. The molecule has 0 saturated carbocycles. The summed E-state index contributed by atoms with van der Waals surface area (Å²) in [6, 6.07) is 0. The highest BCUT2D eigenvalue weighted by Crippen LogP contribution is 2.28. The molecule has 5 heteroatoms. The molecule has 0 bridgehead atoms. The molecule has 0 aromatic rings. The minimum absolute atomic E-state index is 0.124. The Morgan fingerprint density at radius 2 is 2.21 bits per heavy atom. The minimum atomic E-state index is -0.124. The number of carbonyl (C=O) groups is 1. The lowest BCUT2D eigenvalue weighted by Gasteiger charge is -2.23. The zero-order chi connectivity index (χ0) is 14.3. The van der Waals surface area contributed by atoms with Gasteiger partial charge in [-0.05, 0) is 25.2 Å². The third kappa shape index (κ3) is 5.49. The maximum Gasteiger partial charge on any atom is 0.305 e. The van der Waals surface area contributed by atoms with Crippen LogP contribution in [0.1, 0.15) is 40.0 Å². The molecule has 0 aliphatic carbocycles. The number of guanidine groups is 1. The number of ether oxygens (including phenoxy) is 1. The van der Waals surface area contributed by atoms with E-state index in [0.29, 0.717) is 18.4 Å². The van der Waals surface area contributed by atoms with Crippen LogP contribution in [0.15, 0.2) is 4.99 Å². The van der Waals surface area contributed by atoms with Crippen LogP contribution >= 0.6 is 0 Å². The third-order valence-electron chi connectivity index (χ3n) is 3.33. The molecular formula is C14H27N3O2. The van der Waals surface area contributed by atoms with Crippen molar-refractivity contribution >= 4 is 11.9 Å². The van der Waals surface area contributed by atoms with E-state index in [0.717, 1.165) is 32.0 Å². The number of aliphatic imine (C=N–C) groups is 1. The van der Waals surface area contributed by atoms with Gasteiger partial charge in [-0.2, -0.15) is 0 Å². The molecule has 1 heterocycles. The van der Waals surface area contributed by atoms with Crippen LogP contribution in [0.5, 0.6) is 0 Å². The van der Waals surface area contributed by atoms with Crippen LogP contribution in [0.3, 0.4) is 0 Å². The molecule has 0 unspecified atom stereocenters. The fraction of sp³-hybridized carbons (Fsp3) is 0.857. The van der Waals surface area contributed by atoms with Crippen LogP contribution in [0.2, 0.25) is 0 Å². The number of carbonyl (C=O) groups excluding carboxylic acids is 1. The van der Waals surface area contributed by atoms with Gasteiger partial charge in [0.2, 0.25) is 0 Å². The maximum atomic E-state index is 11.2. The molecule has 0 radical (unpaired) electrons. The van der Waals surface area contributed by atoms with Gasteiger partial charge in [-0.15, -0.1) is 0 Å². The van der Waals surface area contributed by atoms with E-state index < -0.39 is 0 Å². The highest BCUT2D eigenvalue weighted by molar-refractivity contribution is 5.80. The maximum absolute atomic E-state index is 11.2. The zero-order valence-electron chi connectivity index (χ0n) is 12.7. The highest BCUT2D eigenvalue weighted by atomic mass is 16.5. The summed E-state index contributed by atoms with van der Waals surface area (Å²) < 4.78 is 4.89. The largest absolute Gasteiger partial charge is 0.466 e. The van der Waals surface area contributed by atoms with Crippen molar-refractivity contribution in [3.63, 3.8) is 0 Å². The molecule has 0 amide bonds. The highest BCUT2D eigenvalue weighted by Gasteiger charge is 2.30. The van der Waals surface area contributed by atoms with E-state index in [4.69, 9.17) is 4.74 Å². The monoisotopic (exact) mass is 269 g/mol. The SMILES string of the molecule is CCOC(=O)CCCNC(=NC)N1CCC(C)(C)C1. The number of likely N-dealkylation sites (tertiary alicyclic amines) is 1. The number of esters is 1. The average Bonchev–Trinajstić information content (AvgIpc) is 2.70. The summed E-state index contributed by atoms with van der Waals surface area (Å²) >= 11 is 0. The van der Waals surface area contributed by atoms with Crippen molar-refractivity contribution in [1.82, 2.24) is 10.2 Å². The van der Waals surface area contributed by atoms with Crippen LogP contribution in [0.25, 0.3) is 0 Å². The fourth-order valence-electron chi connectivity index (χ4n) is 2.29. The summed E-state index contributed by atoms with van der Waals surface area (Å²) in [7, 11) is 1.80. The van der Waals surface area contributed by atoms with E-state index in [1.54, 1.807) is 7.05 Å². The average molecular weight is 269 g/mol. The third-order valence-corrected chi connectivity index (χ3v) is 3.33. The predicted octanol–water partition coefficient (Wildman–Crippen LogP) is 1.64. The van der Waals surface area contributed by atoms with Crippen molar-refractivity contribution < 1.29 is 9.53 Å². The first-order chi connectivity index (χ1) is 8.98. The number of hydrogen-bond donors (Lipinski definition) is 1. The van der Waals surface area contributed by atoms with Crippen molar-refractivity contribution in [3.8, 4) is 0 Å². The lowest BCUT2D eigenvalue weighted by atomic mass is 9.93. The molecular weight excluding hydrogens is 242 g/mol. The number of hydrogen-bond acceptors (Lipinski definition) is 3. The van der Waals surface area contributed by atoms with Crippen LogP contribution < -0.4 is 5.32 Å². The van der Waals surface area contributed by atoms with E-state index >= 15 is 0 Å². The van der Waals surface area contributed by atoms with Crippen molar-refractivity contribution in [2.45, 2.75) is 40.0 Å². The Balaban J connectivity index is 2.25. The summed E-state index contributed by atoms with van der Waals surface area (Å²) in [5.74, 6) is 0.816. The summed E-state index contributed by atoms with van der Waals surface area (Å²) in [5.41, 5.74) is 0.364. The first-order valence-corrected chi connectivity index (χ1v) is 7.10. The van der Waals surface area contributed by atoms with Crippen LogP contribution in [-0.4, -0.2) is 50.1 Å². The first kappa shape index (κ1) is 15.8. The van der Waals surface area contributed by atoms with Gasteiger partial charge < -0.3 is 15.0 Å². The van der Waals surface area contributed by atoms with E-state index in [-0.39, 0.29) is 5.97 Å². The van der Waals surface area contributed by atoms with Crippen LogP contribution in [0.4, 0.5) is 0 Å². The molecule has 1 fully saturated rings. The van der Waals surface area contributed by atoms with E-state index in [2.05, 4.69) is 29.1 Å². The van der Waals surface area contributed by atoms with Gasteiger partial charge in [0.1, 0.15) is 0 Å². The van der Waals surface area contributed by atoms with Gasteiger partial charge >= 0.3 is 5.97 Å². The Bertz CT molecular complexity index is 327. The summed E-state index contributed by atoms with van der Waals surface area (Å²) in [6.07, 6.45) is 2.43. The van der Waals surface area contributed by atoms with Gasteiger partial charge in [0.25, 0.3) is 0 Å². The first-order valence-electron chi connectivity index (χ1n) is 7.10. The molecule has 1 N–H and O–H groups in total. The number of nitrogens with zero attached hydrogens (tertiary/aromatic N) is 2. The van der Waals surface area contributed by atoms with Gasteiger partial charge in [0, 0.05) is 33.1 Å². The number of nitrogens with one attached hydrogen (secondary N) is 1. The van der Waals surface area contributed by atoms with Gasteiger partial charge in [0.05, 0.1) is 6.61 Å². The van der Waals surface area contributed by atoms with Crippen molar-refractivity contribution in [2.24, 2.45) is 10.4 Å². The Morgan fingerprint density at radius 1 is 1.47 bits per heavy atom. The molecule has 1 rings (SSSR count). The topological polar surface area (TPSA) is 53.9 Å².